The van der Waals surface area contributed by atoms with Crippen LogP contribution in [0.2, 0.25) is 0 Å². The smallest absolute Gasteiger partial charge is 0.226 e. The fourth-order valence-corrected chi connectivity index (χ4v) is 1.80. The van der Waals surface area contributed by atoms with E-state index in [2.05, 4.69) is 27.1 Å². The normalized spacial score (nSPS) is 10.8. The largest absolute Gasteiger partial charge is 0.354 e. The minimum atomic E-state index is 0.0171. The van der Waals surface area contributed by atoms with Gasteiger partial charge in [-0.3, -0.25) is 4.79 Å². The maximum absolute atomic E-state index is 11.6. The van der Waals surface area contributed by atoms with E-state index >= 15 is 0 Å². The maximum atomic E-state index is 11.6. The number of nitrogens with zero attached hydrogens (tertiary/aromatic N) is 2. The highest BCUT2D eigenvalue weighted by molar-refractivity contribution is 5.77. The highest BCUT2D eigenvalue weighted by Crippen LogP contribution is 1.92. The van der Waals surface area contributed by atoms with Crippen LogP contribution in [0.3, 0.4) is 0 Å². The Morgan fingerprint density at radius 1 is 1.50 bits per heavy atom. The monoisotopic (exact) mass is 253 g/mol. The molecule has 0 radical (unpaired) electrons. The Morgan fingerprint density at radius 2 is 2.33 bits per heavy atom. The number of carbonyl (C=O) groups is 1. The fourth-order valence-electron chi connectivity index (χ4n) is 1.80. The highest BCUT2D eigenvalue weighted by Gasteiger charge is 2.06. The van der Waals surface area contributed by atoms with Crippen molar-refractivity contribution in [1.29, 1.82) is 0 Å². The first kappa shape index (κ1) is 14.7. The Labute approximate surface area is 108 Å². The molecule has 0 aliphatic heterocycles. The number of H-pyrrole nitrogens is 1. The van der Waals surface area contributed by atoms with Gasteiger partial charge in [0.2, 0.25) is 5.91 Å². The SMILES string of the molecule is CCCN(CCN)CCNC(=O)Cc1cnc[nH]1. The molecule has 18 heavy (non-hydrogen) atoms. The molecule has 0 aliphatic carbocycles. The molecule has 1 rings (SSSR count). The number of hydrogen-bond acceptors (Lipinski definition) is 4. The van der Waals surface area contributed by atoms with Crippen molar-refractivity contribution in [2.24, 2.45) is 5.73 Å². The van der Waals surface area contributed by atoms with Gasteiger partial charge in [0, 0.05) is 38.1 Å². The van der Waals surface area contributed by atoms with Gasteiger partial charge in [-0.15, -0.1) is 0 Å². The molecule has 1 aromatic heterocycles. The lowest BCUT2D eigenvalue weighted by Crippen LogP contribution is -2.38. The van der Waals surface area contributed by atoms with Crippen LogP contribution in [-0.4, -0.2) is 53.5 Å². The Morgan fingerprint density at radius 3 is 2.94 bits per heavy atom. The Kier molecular flexibility index (Phi) is 7.05. The Hall–Kier alpha value is -1.40. The molecule has 0 saturated heterocycles. The lowest BCUT2D eigenvalue weighted by Gasteiger charge is -2.20. The van der Waals surface area contributed by atoms with Gasteiger partial charge in [-0.2, -0.15) is 0 Å². The van der Waals surface area contributed by atoms with E-state index in [9.17, 15) is 4.79 Å². The second-order valence-corrected chi connectivity index (χ2v) is 4.23. The summed E-state index contributed by atoms with van der Waals surface area (Å²) in [7, 11) is 0. The van der Waals surface area contributed by atoms with Gasteiger partial charge in [0.05, 0.1) is 12.7 Å². The summed E-state index contributed by atoms with van der Waals surface area (Å²) in [6.45, 7) is 6.20. The van der Waals surface area contributed by atoms with Crippen LogP contribution in [0.25, 0.3) is 0 Å². The van der Waals surface area contributed by atoms with E-state index in [4.69, 9.17) is 5.73 Å². The summed E-state index contributed by atoms with van der Waals surface area (Å²) in [5.74, 6) is 0.0171. The summed E-state index contributed by atoms with van der Waals surface area (Å²) in [4.78, 5) is 20.6. The van der Waals surface area contributed by atoms with Crippen LogP contribution >= 0.6 is 0 Å². The number of nitrogens with one attached hydrogen (secondary N) is 2. The van der Waals surface area contributed by atoms with Gasteiger partial charge < -0.3 is 20.9 Å². The van der Waals surface area contributed by atoms with E-state index in [1.54, 1.807) is 12.5 Å². The van der Waals surface area contributed by atoms with Gasteiger partial charge >= 0.3 is 0 Å². The topological polar surface area (TPSA) is 87.0 Å². The van der Waals surface area contributed by atoms with Crippen molar-refractivity contribution in [1.82, 2.24) is 20.2 Å². The molecule has 0 fully saturated rings. The molecule has 0 unspecified atom stereocenters. The second-order valence-electron chi connectivity index (χ2n) is 4.23. The van der Waals surface area contributed by atoms with Gasteiger partial charge in [0.1, 0.15) is 0 Å². The number of hydrogen-bond donors (Lipinski definition) is 3. The quantitative estimate of drug-likeness (QED) is 0.566. The third-order valence-corrected chi connectivity index (χ3v) is 2.64. The molecule has 6 nitrogen and oxygen atoms in total. The number of amides is 1. The highest BCUT2D eigenvalue weighted by atomic mass is 16.1. The first-order valence-corrected chi connectivity index (χ1v) is 6.42. The van der Waals surface area contributed by atoms with Gasteiger partial charge in [-0.25, -0.2) is 4.98 Å². The zero-order valence-corrected chi connectivity index (χ0v) is 11.0. The molecule has 0 aromatic carbocycles. The number of aromatic amines is 1. The van der Waals surface area contributed by atoms with Crippen molar-refractivity contribution < 1.29 is 4.79 Å². The van der Waals surface area contributed by atoms with Crippen molar-refractivity contribution >= 4 is 5.91 Å². The van der Waals surface area contributed by atoms with E-state index in [1.807, 2.05) is 0 Å². The molecule has 1 amide bonds. The molecule has 0 aliphatic rings. The molecule has 0 saturated carbocycles. The number of carbonyl (C=O) groups excluding carboxylic acids is 1. The van der Waals surface area contributed by atoms with Crippen molar-refractivity contribution in [3.63, 3.8) is 0 Å². The summed E-state index contributed by atoms with van der Waals surface area (Å²) >= 11 is 0. The predicted molar refractivity (Wildman–Crippen MR) is 71.1 cm³/mol. The third kappa shape index (κ3) is 5.79. The molecule has 102 valence electrons. The number of imidazole rings is 1. The third-order valence-electron chi connectivity index (χ3n) is 2.64. The van der Waals surface area contributed by atoms with Gasteiger partial charge in [0.25, 0.3) is 0 Å². The molecular weight excluding hydrogens is 230 g/mol. The minimum absolute atomic E-state index is 0.0171. The van der Waals surface area contributed by atoms with Gasteiger partial charge in [-0.05, 0) is 13.0 Å². The van der Waals surface area contributed by atoms with Crippen LogP contribution < -0.4 is 11.1 Å². The van der Waals surface area contributed by atoms with Crippen LogP contribution in [0, 0.1) is 0 Å². The van der Waals surface area contributed by atoms with E-state index in [1.165, 1.54) is 0 Å². The van der Waals surface area contributed by atoms with Crippen LogP contribution in [0.5, 0.6) is 0 Å². The first-order valence-electron chi connectivity index (χ1n) is 6.42. The van der Waals surface area contributed by atoms with Crippen LogP contribution in [0.1, 0.15) is 19.0 Å². The average molecular weight is 253 g/mol. The Balaban J connectivity index is 2.17. The van der Waals surface area contributed by atoms with Crippen LogP contribution in [-0.2, 0) is 11.2 Å². The van der Waals surface area contributed by atoms with E-state index in [0.29, 0.717) is 19.5 Å². The van der Waals surface area contributed by atoms with Crippen LogP contribution in [0.4, 0.5) is 0 Å². The van der Waals surface area contributed by atoms with E-state index in [0.717, 1.165) is 31.7 Å². The first-order chi connectivity index (χ1) is 8.76. The lowest BCUT2D eigenvalue weighted by molar-refractivity contribution is -0.120. The van der Waals surface area contributed by atoms with Gasteiger partial charge in [0.15, 0.2) is 0 Å². The summed E-state index contributed by atoms with van der Waals surface area (Å²) < 4.78 is 0. The molecule has 0 bridgehead atoms. The van der Waals surface area contributed by atoms with E-state index in [-0.39, 0.29) is 5.91 Å². The number of rotatable bonds is 9. The summed E-state index contributed by atoms with van der Waals surface area (Å²) in [5.41, 5.74) is 6.37. The fraction of sp³-hybridized carbons (Fsp3) is 0.667. The lowest BCUT2D eigenvalue weighted by atomic mass is 10.3. The minimum Gasteiger partial charge on any atom is -0.354 e. The summed E-state index contributed by atoms with van der Waals surface area (Å²) in [6, 6.07) is 0. The van der Waals surface area contributed by atoms with E-state index < -0.39 is 0 Å². The average Bonchev–Trinajstić information content (AvgIpc) is 2.82. The zero-order chi connectivity index (χ0) is 13.2. The zero-order valence-electron chi connectivity index (χ0n) is 11.0. The standard InChI is InChI=1S/C12H23N5O/c1-2-5-17(6-3-13)7-4-15-12(18)8-11-9-14-10-16-11/h9-10H,2-8,13H2,1H3,(H,14,16)(H,15,18). The molecule has 0 atom stereocenters. The molecule has 6 heteroatoms. The number of aromatic nitrogens is 2. The Bertz CT molecular complexity index is 319. The molecule has 0 spiro atoms. The second kappa shape index (κ2) is 8.66. The molecule has 4 N–H and O–H groups in total. The van der Waals surface area contributed by atoms with Crippen molar-refractivity contribution in [3.05, 3.63) is 18.2 Å². The molecular formula is C12H23N5O. The van der Waals surface area contributed by atoms with Crippen molar-refractivity contribution in [2.75, 3.05) is 32.7 Å². The van der Waals surface area contributed by atoms with Gasteiger partial charge in [-0.1, -0.05) is 6.92 Å². The summed E-state index contributed by atoms with van der Waals surface area (Å²) in [6.07, 6.45) is 4.69. The summed E-state index contributed by atoms with van der Waals surface area (Å²) in [5, 5.41) is 2.90. The molecule has 1 heterocycles. The molecule has 1 aromatic rings. The predicted octanol–water partition coefficient (Wildman–Crippen LogP) is -0.261. The van der Waals surface area contributed by atoms with Crippen molar-refractivity contribution in [3.8, 4) is 0 Å². The maximum Gasteiger partial charge on any atom is 0.226 e. The van der Waals surface area contributed by atoms with Crippen LogP contribution in [0.15, 0.2) is 12.5 Å². The number of nitrogens with two attached hydrogens (primary N) is 1. The van der Waals surface area contributed by atoms with Crippen molar-refractivity contribution in [2.45, 2.75) is 19.8 Å².